The predicted molar refractivity (Wildman–Crippen MR) is 118 cm³/mol. The average Bonchev–Trinajstić information content (AvgIpc) is 2.98. The molecule has 0 spiro atoms. The molecule has 10 heteroatoms. The molecular weight excluding hydrogens is 437 g/mol. The van der Waals surface area contributed by atoms with E-state index in [-0.39, 0.29) is 40.2 Å². The van der Waals surface area contributed by atoms with Gasteiger partial charge in [-0.25, -0.2) is 14.2 Å². The number of carbonyl (C=O) groups is 1. The molecule has 2 fully saturated rings. The molecule has 1 amide bonds. The Balaban J connectivity index is 1.79. The van der Waals surface area contributed by atoms with E-state index in [0.717, 1.165) is 12.8 Å². The number of rotatable bonds is 2. The summed E-state index contributed by atoms with van der Waals surface area (Å²) < 4.78 is 26.1. The monoisotopic (exact) mass is 461 g/mol. The van der Waals surface area contributed by atoms with Crippen LogP contribution in [-0.2, 0) is 4.74 Å². The van der Waals surface area contributed by atoms with E-state index in [0.29, 0.717) is 30.0 Å². The molecule has 2 aliphatic rings. The number of ether oxygens (including phenoxy) is 2. The third-order valence-corrected chi connectivity index (χ3v) is 6.11. The van der Waals surface area contributed by atoms with E-state index in [2.05, 4.69) is 9.97 Å². The van der Waals surface area contributed by atoms with Crippen LogP contribution >= 0.6 is 11.6 Å². The SMILES string of the molecule is COc1nc(Cl)c(F)c2c(C#N)c(C)nc(N3CC4CCC(C3)N4C(=O)OC(C)(C)C)c12. The van der Waals surface area contributed by atoms with Crippen molar-refractivity contribution < 1.29 is 18.7 Å². The molecule has 4 heterocycles. The van der Waals surface area contributed by atoms with Crippen molar-refractivity contribution in [2.24, 2.45) is 0 Å². The maximum absolute atomic E-state index is 15.1. The van der Waals surface area contributed by atoms with E-state index < -0.39 is 11.4 Å². The normalized spacial score (nSPS) is 20.4. The highest BCUT2D eigenvalue weighted by Gasteiger charge is 2.45. The summed E-state index contributed by atoms with van der Waals surface area (Å²) in [4.78, 5) is 25.3. The Morgan fingerprint density at radius 3 is 2.38 bits per heavy atom. The molecular formula is C22H25ClFN5O3. The van der Waals surface area contributed by atoms with E-state index >= 15 is 4.39 Å². The zero-order chi connectivity index (χ0) is 23.4. The first kappa shape index (κ1) is 22.3. The first-order valence-corrected chi connectivity index (χ1v) is 10.8. The molecule has 4 rings (SSSR count). The van der Waals surface area contributed by atoms with Crippen molar-refractivity contribution in [1.82, 2.24) is 14.9 Å². The van der Waals surface area contributed by atoms with Gasteiger partial charge in [-0.2, -0.15) is 10.2 Å². The van der Waals surface area contributed by atoms with Gasteiger partial charge >= 0.3 is 6.09 Å². The number of methoxy groups -OCH3 is 1. The summed E-state index contributed by atoms with van der Waals surface area (Å²) in [5.41, 5.74) is -0.0924. The lowest BCUT2D eigenvalue weighted by molar-refractivity contribution is 0.0123. The van der Waals surface area contributed by atoms with E-state index in [4.69, 9.17) is 21.1 Å². The molecule has 0 aliphatic carbocycles. The van der Waals surface area contributed by atoms with Gasteiger partial charge in [-0.3, -0.25) is 4.90 Å². The number of piperazine rings is 1. The maximum atomic E-state index is 15.1. The van der Waals surface area contributed by atoms with Crippen LogP contribution in [0.2, 0.25) is 5.15 Å². The van der Waals surface area contributed by atoms with Gasteiger partial charge in [0.15, 0.2) is 11.0 Å². The molecule has 0 N–H and O–H groups in total. The highest BCUT2D eigenvalue weighted by Crippen LogP contribution is 2.41. The van der Waals surface area contributed by atoms with Crippen molar-refractivity contribution >= 4 is 34.3 Å². The molecule has 2 unspecified atom stereocenters. The van der Waals surface area contributed by atoms with Gasteiger partial charge in [0.1, 0.15) is 17.5 Å². The second-order valence-electron chi connectivity index (χ2n) is 9.16. The largest absolute Gasteiger partial charge is 0.480 e. The zero-order valence-electron chi connectivity index (χ0n) is 18.7. The van der Waals surface area contributed by atoms with Gasteiger partial charge in [0, 0.05) is 18.5 Å². The molecule has 2 bridgehead atoms. The minimum Gasteiger partial charge on any atom is -0.480 e. The first-order valence-electron chi connectivity index (χ1n) is 10.4. The number of aromatic nitrogens is 2. The topological polar surface area (TPSA) is 91.6 Å². The Kier molecular flexibility index (Phi) is 5.53. The molecule has 0 saturated carbocycles. The lowest BCUT2D eigenvalue weighted by Crippen LogP contribution is -2.57. The van der Waals surface area contributed by atoms with E-state index in [1.165, 1.54) is 7.11 Å². The number of anilines is 1. The Morgan fingerprint density at radius 2 is 1.84 bits per heavy atom. The summed E-state index contributed by atoms with van der Waals surface area (Å²) in [6.45, 7) is 8.19. The number of hydrogen-bond donors (Lipinski definition) is 0. The quantitative estimate of drug-likeness (QED) is 0.619. The van der Waals surface area contributed by atoms with Gasteiger partial charge < -0.3 is 14.4 Å². The number of pyridine rings is 2. The van der Waals surface area contributed by atoms with E-state index in [1.54, 1.807) is 6.92 Å². The number of fused-ring (bicyclic) bond motifs is 3. The molecule has 2 aromatic rings. The van der Waals surface area contributed by atoms with Crippen LogP contribution in [0.15, 0.2) is 0 Å². The van der Waals surface area contributed by atoms with E-state index in [1.807, 2.05) is 36.6 Å². The van der Waals surface area contributed by atoms with Crippen LogP contribution in [0.1, 0.15) is 44.9 Å². The van der Waals surface area contributed by atoms with E-state index in [9.17, 15) is 10.1 Å². The smallest absolute Gasteiger partial charge is 0.410 e. The van der Waals surface area contributed by atoms with Gasteiger partial charge in [-0.1, -0.05) is 11.6 Å². The number of halogens is 2. The fourth-order valence-electron chi connectivity index (χ4n) is 4.61. The summed E-state index contributed by atoms with van der Waals surface area (Å²) in [5.74, 6) is -0.203. The van der Waals surface area contributed by atoms with Crippen LogP contribution in [0.25, 0.3) is 10.8 Å². The molecule has 2 saturated heterocycles. The first-order chi connectivity index (χ1) is 15.1. The van der Waals surface area contributed by atoms with Crippen molar-refractivity contribution in [3.63, 3.8) is 0 Å². The van der Waals surface area contributed by atoms with Crippen molar-refractivity contribution in [2.75, 3.05) is 25.1 Å². The van der Waals surface area contributed by atoms with Crippen LogP contribution in [-0.4, -0.2) is 58.8 Å². The van der Waals surface area contributed by atoms with Crippen LogP contribution in [0.3, 0.4) is 0 Å². The summed E-state index contributed by atoms with van der Waals surface area (Å²) in [6.07, 6.45) is 1.35. The van der Waals surface area contributed by atoms with Crippen LogP contribution < -0.4 is 9.64 Å². The second-order valence-corrected chi connectivity index (χ2v) is 9.52. The lowest BCUT2D eigenvalue weighted by atomic mass is 10.0. The van der Waals surface area contributed by atoms with Crippen LogP contribution in [0.4, 0.5) is 15.0 Å². The Bertz CT molecular complexity index is 1130. The molecule has 170 valence electrons. The van der Waals surface area contributed by atoms with Crippen molar-refractivity contribution in [2.45, 2.75) is 58.2 Å². The number of amides is 1. The van der Waals surface area contributed by atoms with Crippen molar-refractivity contribution in [3.05, 3.63) is 22.2 Å². The number of hydrogen-bond acceptors (Lipinski definition) is 7. The lowest BCUT2D eigenvalue weighted by Gasteiger charge is -2.42. The fraction of sp³-hybridized carbons (Fsp3) is 0.545. The van der Waals surface area contributed by atoms with Gasteiger partial charge in [0.05, 0.1) is 35.8 Å². The zero-order valence-corrected chi connectivity index (χ0v) is 19.5. The maximum Gasteiger partial charge on any atom is 0.410 e. The van der Waals surface area contributed by atoms with Gasteiger partial charge in [0.25, 0.3) is 0 Å². The standard InChI is InChI=1S/C22H25ClFN5O3/c1-11-14(8-25)15-16(20(31-5)27-18(23)17(15)24)19(26-11)28-9-12-6-7-13(10-28)29(12)21(30)32-22(2,3)4/h12-13H,6-7,9-10H2,1-5H3. The van der Waals surface area contributed by atoms with Crippen molar-refractivity contribution in [3.8, 4) is 11.9 Å². The predicted octanol–water partition coefficient (Wildman–Crippen LogP) is 4.20. The van der Waals surface area contributed by atoms with Crippen LogP contribution in [0.5, 0.6) is 5.88 Å². The van der Waals surface area contributed by atoms with Crippen molar-refractivity contribution in [1.29, 1.82) is 5.26 Å². The molecule has 0 aromatic carbocycles. The average molecular weight is 462 g/mol. The minimum absolute atomic E-state index is 0.0498. The highest BCUT2D eigenvalue weighted by molar-refractivity contribution is 6.30. The molecule has 2 aromatic heterocycles. The molecule has 0 radical (unpaired) electrons. The molecule has 2 aliphatic heterocycles. The van der Waals surface area contributed by atoms with Gasteiger partial charge in [-0.15, -0.1) is 0 Å². The minimum atomic E-state index is -0.777. The third kappa shape index (κ3) is 3.66. The van der Waals surface area contributed by atoms with Crippen LogP contribution in [0, 0.1) is 24.1 Å². The Labute approximate surface area is 190 Å². The summed E-state index contributed by atoms with van der Waals surface area (Å²) >= 11 is 5.99. The van der Waals surface area contributed by atoms with Gasteiger partial charge in [0.2, 0.25) is 5.88 Å². The Hall–Kier alpha value is -2.86. The second kappa shape index (κ2) is 7.93. The molecule has 32 heavy (non-hydrogen) atoms. The number of aryl methyl sites for hydroxylation is 1. The van der Waals surface area contributed by atoms with Gasteiger partial charge in [-0.05, 0) is 40.5 Å². The fourth-order valence-corrected chi connectivity index (χ4v) is 4.78. The Morgan fingerprint density at radius 1 is 1.22 bits per heavy atom. The summed E-state index contributed by atoms with van der Waals surface area (Å²) in [5, 5.41) is 9.64. The number of carbonyl (C=O) groups excluding carboxylic acids is 1. The highest BCUT2D eigenvalue weighted by atomic mass is 35.5. The number of nitriles is 1. The number of nitrogens with zero attached hydrogens (tertiary/aromatic N) is 5. The molecule has 2 atom stereocenters. The third-order valence-electron chi connectivity index (χ3n) is 5.86. The molecule has 8 nitrogen and oxygen atoms in total. The summed E-state index contributed by atoms with van der Waals surface area (Å²) in [7, 11) is 1.41. The summed E-state index contributed by atoms with van der Waals surface area (Å²) in [6, 6.07) is 1.90.